The van der Waals surface area contributed by atoms with Crippen LogP contribution in [0.3, 0.4) is 0 Å². The summed E-state index contributed by atoms with van der Waals surface area (Å²) in [6.07, 6.45) is 1.99. The van der Waals surface area contributed by atoms with E-state index in [0.29, 0.717) is 11.5 Å². The second kappa shape index (κ2) is 6.13. The van der Waals surface area contributed by atoms with Gasteiger partial charge in [-0.25, -0.2) is 0 Å². The minimum Gasteiger partial charge on any atom is -0.366 e. The molecule has 5 nitrogen and oxygen atoms in total. The van der Waals surface area contributed by atoms with Crippen LogP contribution in [0.4, 0.5) is 11.5 Å². The molecule has 1 aromatic carbocycles. The van der Waals surface area contributed by atoms with Crippen LogP contribution in [-0.4, -0.2) is 28.7 Å². The van der Waals surface area contributed by atoms with E-state index in [4.69, 9.17) is 0 Å². The lowest BCUT2D eigenvalue weighted by molar-refractivity contribution is 0.0979. The van der Waals surface area contributed by atoms with Crippen molar-refractivity contribution in [3.63, 3.8) is 0 Å². The summed E-state index contributed by atoms with van der Waals surface area (Å²) in [6, 6.07) is 11.9. The zero-order chi connectivity index (χ0) is 15.5. The average Bonchev–Trinajstić information content (AvgIpc) is 2.54. The third-order valence-corrected chi connectivity index (χ3v) is 3.68. The van der Waals surface area contributed by atoms with Crippen LogP contribution in [0.1, 0.15) is 36.3 Å². The molecule has 1 aliphatic heterocycles. The zero-order valence-corrected chi connectivity index (χ0v) is 12.9. The number of aromatic nitrogens is 2. The SMILES string of the molecule is CC(C)Nc1ccc(C(=O)N2CCCc3ccccc32)nn1. The standard InChI is InChI=1S/C17H20N4O/c1-12(2)18-16-10-9-14(19-20-16)17(22)21-11-5-7-13-6-3-4-8-15(13)21/h3-4,6,8-10,12H,5,7,11H2,1-2H3,(H,18,20). The highest BCUT2D eigenvalue weighted by Crippen LogP contribution is 2.27. The lowest BCUT2D eigenvalue weighted by Crippen LogP contribution is -2.36. The Morgan fingerprint density at radius 1 is 1.18 bits per heavy atom. The fourth-order valence-electron chi connectivity index (χ4n) is 2.70. The first-order valence-electron chi connectivity index (χ1n) is 7.65. The second-order valence-corrected chi connectivity index (χ2v) is 5.79. The van der Waals surface area contributed by atoms with Gasteiger partial charge in [0.25, 0.3) is 5.91 Å². The van der Waals surface area contributed by atoms with Crippen molar-refractivity contribution in [1.82, 2.24) is 10.2 Å². The molecule has 0 radical (unpaired) electrons. The minimum absolute atomic E-state index is 0.0873. The second-order valence-electron chi connectivity index (χ2n) is 5.79. The summed E-state index contributed by atoms with van der Waals surface area (Å²) in [6.45, 7) is 4.79. The van der Waals surface area contributed by atoms with Crippen molar-refractivity contribution in [1.29, 1.82) is 0 Å². The van der Waals surface area contributed by atoms with E-state index in [-0.39, 0.29) is 11.9 Å². The van der Waals surface area contributed by atoms with Crippen molar-refractivity contribution in [2.24, 2.45) is 0 Å². The summed E-state index contributed by atoms with van der Waals surface area (Å²) in [7, 11) is 0. The van der Waals surface area contributed by atoms with Crippen LogP contribution < -0.4 is 10.2 Å². The Bertz CT molecular complexity index is 667. The summed E-state index contributed by atoms with van der Waals surface area (Å²) in [5, 5.41) is 11.3. The quantitative estimate of drug-likeness (QED) is 0.946. The molecular weight excluding hydrogens is 276 g/mol. The Morgan fingerprint density at radius 3 is 2.73 bits per heavy atom. The first kappa shape index (κ1) is 14.5. The van der Waals surface area contributed by atoms with Gasteiger partial charge >= 0.3 is 0 Å². The van der Waals surface area contributed by atoms with E-state index in [9.17, 15) is 4.79 Å². The molecule has 114 valence electrons. The average molecular weight is 296 g/mol. The van der Waals surface area contributed by atoms with E-state index < -0.39 is 0 Å². The van der Waals surface area contributed by atoms with Crippen LogP contribution in [-0.2, 0) is 6.42 Å². The van der Waals surface area contributed by atoms with Crippen molar-refractivity contribution < 1.29 is 4.79 Å². The van der Waals surface area contributed by atoms with Gasteiger partial charge in [0.1, 0.15) is 5.82 Å². The van der Waals surface area contributed by atoms with Crippen LogP contribution in [0.2, 0.25) is 0 Å². The van der Waals surface area contributed by atoms with Crippen LogP contribution in [0.25, 0.3) is 0 Å². The smallest absolute Gasteiger partial charge is 0.278 e. The van der Waals surface area contributed by atoms with Gasteiger partial charge in [-0.3, -0.25) is 4.79 Å². The van der Waals surface area contributed by atoms with Crippen molar-refractivity contribution in [2.75, 3.05) is 16.8 Å². The Morgan fingerprint density at radius 2 is 2.00 bits per heavy atom. The summed E-state index contributed by atoms with van der Waals surface area (Å²) < 4.78 is 0. The van der Waals surface area contributed by atoms with Gasteiger partial charge in [0.2, 0.25) is 0 Å². The van der Waals surface area contributed by atoms with E-state index in [1.165, 1.54) is 5.56 Å². The highest BCUT2D eigenvalue weighted by atomic mass is 16.2. The van der Waals surface area contributed by atoms with E-state index in [1.807, 2.05) is 32.0 Å². The van der Waals surface area contributed by atoms with Crippen molar-refractivity contribution in [3.05, 3.63) is 47.7 Å². The summed E-state index contributed by atoms with van der Waals surface area (Å²) in [5.74, 6) is 0.598. The fraction of sp³-hybridized carbons (Fsp3) is 0.353. The lowest BCUT2D eigenvalue weighted by Gasteiger charge is -2.29. The molecule has 0 fully saturated rings. The molecule has 1 N–H and O–H groups in total. The number of aryl methyl sites for hydroxylation is 1. The maximum atomic E-state index is 12.7. The van der Waals surface area contributed by atoms with Gasteiger partial charge in [0.05, 0.1) is 0 Å². The molecule has 3 rings (SSSR count). The molecule has 1 aliphatic rings. The molecule has 0 atom stereocenters. The molecule has 0 unspecified atom stereocenters. The van der Waals surface area contributed by atoms with E-state index in [0.717, 1.165) is 25.1 Å². The molecule has 0 bridgehead atoms. The number of carbonyl (C=O) groups excluding carboxylic acids is 1. The van der Waals surface area contributed by atoms with Gasteiger partial charge in [-0.2, -0.15) is 0 Å². The number of hydrogen-bond acceptors (Lipinski definition) is 4. The van der Waals surface area contributed by atoms with Gasteiger partial charge in [0, 0.05) is 18.3 Å². The molecule has 0 saturated heterocycles. The zero-order valence-electron chi connectivity index (χ0n) is 12.9. The highest BCUT2D eigenvalue weighted by Gasteiger charge is 2.24. The molecule has 0 saturated carbocycles. The number of nitrogens with zero attached hydrogens (tertiary/aromatic N) is 3. The van der Waals surface area contributed by atoms with Crippen LogP contribution in [0.15, 0.2) is 36.4 Å². The first-order chi connectivity index (χ1) is 10.6. The van der Waals surface area contributed by atoms with Crippen molar-refractivity contribution >= 4 is 17.4 Å². The van der Waals surface area contributed by atoms with Crippen molar-refractivity contribution in [2.45, 2.75) is 32.7 Å². The number of rotatable bonds is 3. The predicted molar refractivity (Wildman–Crippen MR) is 87.2 cm³/mol. The maximum Gasteiger partial charge on any atom is 0.278 e. The molecular formula is C17H20N4O. The molecule has 1 aromatic heterocycles. The number of amides is 1. The molecule has 0 aliphatic carbocycles. The highest BCUT2D eigenvalue weighted by molar-refractivity contribution is 6.05. The van der Waals surface area contributed by atoms with Crippen molar-refractivity contribution in [3.8, 4) is 0 Å². The van der Waals surface area contributed by atoms with E-state index >= 15 is 0 Å². The summed E-state index contributed by atoms with van der Waals surface area (Å²) >= 11 is 0. The van der Waals surface area contributed by atoms with Gasteiger partial charge in [-0.1, -0.05) is 18.2 Å². The van der Waals surface area contributed by atoms with Gasteiger partial charge < -0.3 is 10.2 Å². The minimum atomic E-state index is -0.0873. The van der Waals surface area contributed by atoms with Crippen LogP contribution >= 0.6 is 0 Å². The van der Waals surface area contributed by atoms with Crippen LogP contribution in [0, 0.1) is 0 Å². The number of nitrogens with one attached hydrogen (secondary N) is 1. The Labute approximate surface area is 130 Å². The largest absolute Gasteiger partial charge is 0.366 e. The molecule has 0 spiro atoms. The normalized spacial score (nSPS) is 13.9. The topological polar surface area (TPSA) is 58.1 Å². The molecule has 2 aromatic rings. The van der Waals surface area contributed by atoms with E-state index in [2.05, 4.69) is 21.6 Å². The molecule has 2 heterocycles. The predicted octanol–water partition coefficient (Wildman–Crippen LogP) is 2.89. The van der Waals surface area contributed by atoms with Gasteiger partial charge in [-0.05, 0) is 50.5 Å². The lowest BCUT2D eigenvalue weighted by atomic mass is 10.0. The maximum absolute atomic E-state index is 12.7. The Balaban J connectivity index is 1.83. The number of hydrogen-bond donors (Lipinski definition) is 1. The fourth-order valence-corrected chi connectivity index (χ4v) is 2.70. The third-order valence-electron chi connectivity index (χ3n) is 3.68. The first-order valence-corrected chi connectivity index (χ1v) is 7.65. The Hall–Kier alpha value is -2.43. The van der Waals surface area contributed by atoms with Crippen LogP contribution in [0.5, 0.6) is 0 Å². The van der Waals surface area contributed by atoms with Gasteiger partial charge in [-0.15, -0.1) is 10.2 Å². The number of fused-ring (bicyclic) bond motifs is 1. The number of benzene rings is 1. The molecule has 5 heteroatoms. The number of para-hydroxylation sites is 1. The summed E-state index contributed by atoms with van der Waals surface area (Å²) in [4.78, 5) is 14.5. The summed E-state index contributed by atoms with van der Waals surface area (Å²) in [5.41, 5.74) is 2.59. The monoisotopic (exact) mass is 296 g/mol. The number of anilines is 2. The third kappa shape index (κ3) is 2.93. The van der Waals surface area contributed by atoms with Gasteiger partial charge in [0.15, 0.2) is 5.69 Å². The molecule has 22 heavy (non-hydrogen) atoms. The number of carbonyl (C=O) groups is 1. The Kier molecular flexibility index (Phi) is 4.04. The molecule has 1 amide bonds. The van der Waals surface area contributed by atoms with E-state index in [1.54, 1.807) is 17.0 Å².